The quantitative estimate of drug-likeness (QED) is 0.678. The van der Waals surface area contributed by atoms with Gasteiger partial charge < -0.3 is 0 Å². The van der Waals surface area contributed by atoms with E-state index in [1.165, 1.54) is 11.1 Å². The van der Waals surface area contributed by atoms with Crippen LogP contribution in [-0.2, 0) is 6.42 Å². The molecule has 1 aromatic rings. The van der Waals surface area contributed by atoms with Crippen molar-refractivity contribution in [2.75, 3.05) is 0 Å². The van der Waals surface area contributed by atoms with E-state index in [9.17, 15) is 0 Å². The number of halogens is 1. The summed E-state index contributed by atoms with van der Waals surface area (Å²) in [6, 6.07) is 8.59. The third-order valence-electron chi connectivity index (χ3n) is 2.00. The first-order valence-electron chi connectivity index (χ1n) is 4.57. The van der Waals surface area contributed by atoms with Crippen LogP contribution in [0, 0.1) is 6.92 Å². The van der Waals surface area contributed by atoms with Crippen molar-refractivity contribution >= 4 is 11.6 Å². The summed E-state index contributed by atoms with van der Waals surface area (Å²) in [6.07, 6.45) is 3.09. The third-order valence-corrected chi connectivity index (χ3v) is 2.18. The van der Waals surface area contributed by atoms with Crippen LogP contribution in [0.5, 0.6) is 0 Å². The van der Waals surface area contributed by atoms with Crippen LogP contribution >= 0.6 is 11.6 Å². The topological polar surface area (TPSA) is 0 Å². The minimum Gasteiger partial charge on any atom is -0.0898 e. The smallest absolute Gasteiger partial charge is 0.0109 e. The average Bonchev–Trinajstić information content (AvgIpc) is 2.03. The molecule has 13 heavy (non-hydrogen) atoms. The highest BCUT2D eigenvalue weighted by atomic mass is 35.5. The molecule has 0 heterocycles. The van der Waals surface area contributed by atoms with Crippen LogP contribution in [0.3, 0.4) is 0 Å². The maximum absolute atomic E-state index is 5.68. The van der Waals surface area contributed by atoms with E-state index in [-0.39, 0.29) is 0 Å². The van der Waals surface area contributed by atoms with Gasteiger partial charge in [0.1, 0.15) is 0 Å². The summed E-state index contributed by atoms with van der Waals surface area (Å²) in [7, 11) is 0. The Kier molecular flexibility index (Phi) is 4.04. The van der Waals surface area contributed by atoms with Crippen LogP contribution in [0.1, 0.15) is 24.0 Å². The minimum atomic E-state index is 0.757. The van der Waals surface area contributed by atoms with E-state index in [1.54, 1.807) is 0 Å². The van der Waals surface area contributed by atoms with Gasteiger partial charge in [0.05, 0.1) is 0 Å². The predicted octanol–water partition coefficient (Wildman–Crippen LogP) is 4.07. The zero-order valence-electron chi connectivity index (χ0n) is 8.02. The molecule has 0 aliphatic heterocycles. The third kappa shape index (κ3) is 4.14. The molecule has 70 valence electrons. The predicted molar refractivity (Wildman–Crippen MR) is 59.1 cm³/mol. The van der Waals surface area contributed by atoms with E-state index in [4.69, 9.17) is 11.6 Å². The molecule has 1 rings (SSSR count). The largest absolute Gasteiger partial charge is 0.0898 e. The molecule has 0 nitrogen and oxygen atoms in total. The maximum Gasteiger partial charge on any atom is 0.0109 e. The Balaban J connectivity index is 2.41. The second-order valence-corrected chi connectivity index (χ2v) is 3.89. The van der Waals surface area contributed by atoms with Crippen LogP contribution < -0.4 is 0 Å². The fourth-order valence-corrected chi connectivity index (χ4v) is 1.49. The molecule has 0 fully saturated rings. The molecule has 0 spiro atoms. The van der Waals surface area contributed by atoms with E-state index in [1.807, 2.05) is 0 Å². The lowest BCUT2D eigenvalue weighted by atomic mass is 10.1. The lowest BCUT2D eigenvalue weighted by molar-refractivity contribution is 0.835. The van der Waals surface area contributed by atoms with Gasteiger partial charge in [-0.05, 0) is 31.7 Å². The fraction of sp³-hybridized carbons (Fsp3) is 0.333. The lowest BCUT2D eigenvalue weighted by Crippen LogP contribution is -1.86. The highest BCUT2D eigenvalue weighted by Crippen LogP contribution is 2.12. The Morgan fingerprint density at radius 1 is 1.46 bits per heavy atom. The van der Waals surface area contributed by atoms with E-state index in [0.717, 1.165) is 24.3 Å². The Bertz CT molecular complexity index is 289. The Morgan fingerprint density at radius 3 is 2.85 bits per heavy atom. The Labute approximate surface area is 85.2 Å². The molecule has 0 radical (unpaired) electrons. The number of hydrogen-bond donors (Lipinski definition) is 0. The van der Waals surface area contributed by atoms with Crippen molar-refractivity contribution in [2.24, 2.45) is 0 Å². The molecule has 0 N–H and O–H groups in total. The molecule has 0 bridgehead atoms. The maximum atomic E-state index is 5.68. The van der Waals surface area contributed by atoms with Crippen LogP contribution in [0.4, 0.5) is 0 Å². The summed E-state index contributed by atoms with van der Waals surface area (Å²) in [5, 5.41) is 0.757. The molecule has 0 aliphatic rings. The number of aryl methyl sites for hydroxylation is 2. The fourth-order valence-electron chi connectivity index (χ4n) is 1.35. The molecule has 0 saturated heterocycles. The van der Waals surface area contributed by atoms with E-state index in [2.05, 4.69) is 37.8 Å². The minimum absolute atomic E-state index is 0.757. The first-order chi connectivity index (χ1) is 6.18. The molecular weight excluding hydrogens is 180 g/mol. The van der Waals surface area contributed by atoms with E-state index >= 15 is 0 Å². The van der Waals surface area contributed by atoms with Crippen molar-refractivity contribution in [3.8, 4) is 0 Å². The number of hydrogen-bond acceptors (Lipinski definition) is 0. The molecular formula is C12H15Cl. The van der Waals surface area contributed by atoms with Gasteiger partial charge in [0.25, 0.3) is 0 Å². The van der Waals surface area contributed by atoms with Crippen molar-refractivity contribution in [1.82, 2.24) is 0 Å². The summed E-state index contributed by atoms with van der Waals surface area (Å²) in [5.74, 6) is 0. The summed E-state index contributed by atoms with van der Waals surface area (Å²) in [5.41, 5.74) is 2.71. The van der Waals surface area contributed by atoms with Gasteiger partial charge in [-0.15, -0.1) is 0 Å². The second-order valence-electron chi connectivity index (χ2n) is 3.36. The molecule has 1 aromatic carbocycles. The first kappa shape index (κ1) is 10.3. The van der Waals surface area contributed by atoms with Crippen LogP contribution in [0.25, 0.3) is 0 Å². The molecule has 0 atom stereocenters. The zero-order chi connectivity index (χ0) is 9.68. The lowest BCUT2D eigenvalue weighted by Gasteiger charge is -2.01. The van der Waals surface area contributed by atoms with Gasteiger partial charge in [0.2, 0.25) is 0 Å². The summed E-state index contributed by atoms with van der Waals surface area (Å²) in [6.45, 7) is 5.78. The van der Waals surface area contributed by atoms with Gasteiger partial charge in [-0.25, -0.2) is 0 Å². The van der Waals surface area contributed by atoms with Gasteiger partial charge in [-0.1, -0.05) is 48.0 Å². The van der Waals surface area contributed by atoms with Gasteiger partial charge >= 0.3 is 0 Å². The standard InChI is InChI=1S/C12H15Cl/c1-10-5-3-7-12(9-10)8-4-6-11(2)13/h3,5,7,9H,2,4,6,8H2,1H3. The first-order valence-corrected chi connectivity index (χ1v) is 4.95. The summed E-state index contributed by atoms with van der Waals surface area (Å²) in [4.78, 5) is 0. The molecule has 0 aliphatic carbocycles. The Morgan fingerprint density at radius 2 is 2.23 bits per heavy atom. The van der Waals surface area contributed by atoms with Crippen molar-refractivity contribution in [3.05, 3.63) is 47.0 Å². The summed E-state index contributed by atoms with van der Waals surface area (Å²) < 4.78 is 0. The number of allylic oxidation sites excluding steroid dienone is 1. The average molecular weight is 195 g/mol. The van der Waals surface area contributed by atoms with Crippen molar-refractivity contribution in [3.63, 3.8) is 0 Å². The molecule has 0 aromatic heterocycles. The molecule has 0 saturated carbocycles. The summed E-state index contributed by atoms with van der Waals surface area (Å²) >= 11 is 5.68. The van der Waals surface area contributed by atoms with Crippen molar-refractivity contribution in [2.45, 2.75) is 26.2 Å². The SMILES string of the molecule is C=C(Cl)CCCc1cccc(C)c1. The molecule has 0 unspecified atom stereocenters. The van der Waals surface area contributed by atoms with Gasteiger partial charge in [-0.3, -0.25) is 0 Å². The molecule has 0 amide bonds. The second kappa shape index (κ2) is 5.08. The highest BCUT2D eigenvalue weighted by Gasteiger charge is 1.94. The van der Waals surface area contributed by atoms with E-state index in [0.29, 0.717) is 0 Å². The van der Waals surface area contributed by atoms with Gasteiger partial charge in [0, 0.05) is 5.03 Å². The normalized spacial score (nSPS) is 10.0. The van der Waals surface area contributed by atoms with Crippen LogP contribution in [0.2, 0.25) is 0 Å². The zero-order valence-corrected chi connectivity index (χ0v) is 8.77. The number of rotatable bonds is 4. The van der Waals surface area contributed by atoms with Crippen LogP contribution in [0.15, 0.2) is 35.9 Å². The monoisotopic (exact) mass is 194 g/mol. The molecule has 1 heteroatoms. The van der Waals surface area contributed by atoms with Crippen molar-refractivity contribution in [1.29, 1.82) is 0 Å². The van der Waals surface area contributed by atoms with Crippen LogP contribution in [-0.4, -0.2) is 0 Å². The number of benzene rings is 1. The van der Waals surface area contributed by atoms with Gasteiger partial charge in [-0.2, -0.15) is 0 Å². The van der Waals surface area contributed by atoms with Gasteiger partial charge in [0.15, 0.2) is 0 Å². The van der Waals surface area contributed by atoms with Crippen molar-refractivity contribution < 1.29 is 0 Å². The highest BCUT2D eigenvalue weighted by molar-refractivity contribution is 6.29. The van der Waals surface area contributed by atoms with E-state index < -0.39 is 0 Å². The Hall–Kier alpha value is -0.750.